The number of hydrogen-bond donors (Lipinski definition) is 7. The van der Waals surface area contributed by atoms with Crippen molar-refractivity contribution in [1.29, 1.82) is 0 Å². The minimum atomic E-state index is -4.97. The number of esters is 2. The van der Waals surface area contributed by atoms with Gasteiger partial charge >= 0.3 is 33.6 Å². The molecule has 0 rings (SSSR count). The highest BCUT2D eigenvalue weighted by atomic mass is 32.2. The van der Waals surface area contributed by atoms with Crippen molar-refractivity contribution in [3.63, 3.8) is 0 Å². The molecule has 0 fully saturated rings. The van der Waals surface area contributed by atoms with Crippen LogP contribution in [0.1, 0.15) is 142 Å². The Hall–Kier alpha value is -2.44. The molecule has 0 aliphatic heterocycles. The number of hydrogen-bond acceptors (Lipinski definition) is 14. The Labute approximate surface area is 391 Å². The maximum absolute atomic E-state index is 13.2. The van der Waals surface area contributed by atoms with E-state index in [-0.39, 0.29) is 31.4 Å². The molecule has 0 aromatic heterocycles. The third-order valence-electron chi connectivity index (χ3n) is 9.37. The number of aliphatic hydroxyl groups is 2. The first kappa shape index (κ1) is 62.6. The molecular formula is C45H79NO16P2S. The molecule has 8 N–H and O–H groups in total. The molecule has 17 nitrogen and oxygen atoms in total. The lowest BCUT2D eigenvalue weighted by atomic mass is 10.1. The van der Waals surface area contributed by atoms with Gasteiger partial charge in [0.15, 0.2) is 6.10 Å². The molecular weight excluding hydrogens is 905 g/mol. The zero-order chi connectivity index (χ0) is 48.6. The Morgan fingerprint density at radius 2 is 1.23 bits per heavy atom. The van der Waals surface area contributed by atoms with Crippen LogP contribution in [0.4, 0.5) is 0 Å². The topological polar surface area (TPSA) is 279 Å². The predicted octanol–water partition coefficient (Wildman–Crippen LogP) is 8.54. The molecule has 0 heterocycles. The van der Waals surface area contributed by atoms with Gasteiger partial charge in [-0.2, -0.15) is 0 Å². The molecule has 20 heteroatoms. The normalized spacial score (nSPS) is 15.8. The first-order chi connectivity index (χ1) is 31.0. The molecule has 0 spiro atoms. The number of thioether (sulfide) groups is 1. The highest BCUT2D eigenvalue weighted by Crippen LogP contribution is 2.44. The first-order valence-corrected chi connectivity index (χ1v) is 27.0. The Morgan fingerprint density at radius 3 is 1.89 bits per heavy atom. The summed E-state index contributed by atoms with van der Waals surface area (Å²) in [6.45, 7) is 1.12. The van der Waals surface area contributed by atoms with Crippen molar-refractivity contribution in [2.75, 3.05) is 32.2 Å². The minimum absolute atomic E-state index is 0.0725. The Kier molecular flexibility index (Phi) is 39.1. The highest BCUT2D eigenvalue weighted by Gasteiger charge is 2.30. The number of carbonyl (C=O) groups excluding carboxylic acids is 2. The Morgan fingerprint density at radius 1 is 0.662 bits per heavy atom. The zero-order valence-electron chi connectivity index (χ0n) is 38.5. The average molecular weight is 984 g/mol. The maximum Gasteiger partial charge on any atom is 0.472 e. The van der Waals surface area contributed by atoms with Gasteiger partial charge in [0.1, 0.15) is 18.8 Å². The smallest absolute Gasteiger partial charge is 0.472 e. The summed E-state index contributed by atoms with van der Waals surface area (Å²) >= 11 is 1.13. The van der Waals surface area contributed by atoms with Gasteiger partial charge in [0.2, 0.25) is 0 Å². The fourth-order valence-corrected chi connectivity index (χ4v) is 7.99. The predicted molar refractivity (Wildman–Crippen MR) is 254 cm³/mol. The van der Waals surface area contributed by atoms with E-state index in [1.165, 1.54) is 44.9 Å². The van der Waals surface area contributed by atoms with E-state index in [9.17, 15) is 38.6 Å². The molecule has 6 atom stereocenters. The molecule has 0 saturated carbocycles. The number of carboxylic acid groups (broad SMARTS) is 1. The van der Waals surface area contributed by atoms with Crippen molar-refractivity contribution < 1.29 is 76.6 Å². The fourth-order valence-electron chi connectivity index (χ4n) is 5.71. The maximum atomic E-state index is 13.2. The van der Waals surface area contributed by atoms with Gasteiger partial charge in [-0.1, -0.05) is 126 Å². The van der Waals surface area contributed by atoms with Crippen LogP contribution in [0.2, 0.25) is 0 Å². The second kappa shape index (κ2) is 40.6. The van der Waals surface area contributed by atoms with Gasteiger partial charge in [0.25, 0.3) is 0 Å². The third kappa shape index (κ3) is 41.5. The lowest BCUT2D eigenvalue weighted by molar-refractivity contribution is -0.161. The van der Waals surface area contributed by atoms with Crippen LogP contribution < -0.4 is 5.73 Å². The molecule has 0 bridgehead atoms. The van der Waals surface area contributed by atoms with Crippen molar-refractivity contribution in [2.45, 2.75) is 172 Å². The van der Waals surface area contributed by atoms with Crippen molar-refractivity contribution in [3.8, 4) is 0 Å². The summed E-state index contributed by atoms with van der Waals surface area (Å²) in [7, 11) is -9.90. The number of nitrogens with two attached hydrogens (primary N) is 1. The van der Waals surface area contributed by atoms with Gasteiger partial charge in [-0.05, 0) is 64.2 Å². The van der Waals surface area contributed by atoms with Crippen LogP contribution in [0.15, 0.2) is 60.8 Å². The summed E-state index contributed by atoms with van der Waals surface area (Å²) < 4.78 is 48.0. The number of carboxylic acids is 1. The molecule has 0 saturated heterocycles. The number of ether oxygens (including phenoxy) is 2. The summed E-state index contributed by atoms with van der Waals surface area (Å²) in [6, 6.07) is -1.29. The van der Waals surface area contributed by atoms with E-state index >= 15 is 0 Å². The quantitative estimate of drug-likeness (QED) is 0.00990. The SMILES string of the molecule is CCCCC/C=C\C\C=C/C=C/C=C/[C@@H](SC[C@H](N)C(=O)O[C@H](COC(=O)CCCCCCC/C=C\CCCCCC)COP(=O)(O)OC[C@@H](O)COP(=O)(O)O)[C@@H](O)CCCC(=O)O. The summed E-state index contributed by atoms with van der Waals surface area (Å²) in [6.07, 6.45) is 32.7. The monoisotopic (exact) mass is 983 g/mol. The number of aliphatic hydroxyl groups excluding tert-OH is 2. The van der Waals surface area contributed by atoms with E-state index in [1.54, 1.807) is 18.2 Å². The summed E-state index contributed by atoms with van der Waals surface area (Å²) in [5.74, 6) is -2.65. The highest BCUT2D eigenvalue weighted by molar-refractivity contribution is 8.00. The van der Waals surface area contributed by atoms with E-state index in [4.69, 9.17) is 34.6 Å². The lowest BCUT2D eigenvalue weighted by Gasteiger charge is -2.23. The first-order valence-electron chi connectivity index (χ1n) is 22.9. The number of allylic oxidation sites excluding steroid dienone is 9. The molecule has 0 aliphatic rings. The van der Waals surface area contributed by atoms with Crippen LogP contribution in [-0.4, -0.2) is 110 Å². The van der Waals surface area contributed by atoms with Gasteiger partial charge in [0, 0.05) is 23.8 Å². The fraction of sp³-hybridized carbons (Fsp3) is 0.711. The van der Waals surface area contributed by atoms with Gasteiger partial charge in [-0.3, -0.25) is 28.0 Å². The minimum Gasteiger partial charge on any atom is -0.481 e. The largest absolute Gasteiger partial charge is 0.481 e. The van der Waals surface area contributed by atoms with Crippen LogP contribution in [0.5, 0.6) is 0 Å². The Bertz CT molecular complexity index is 1500. The van der Waals surface area contributed by atoms with Crippen molar-refractivity contribution in [3.05, 3.63) is 60.8 Å². The second-order valence-electron chi connectivity index (χ2n) is 15.5. The van der Waals surface area contributed by atoms with E-state index in [1.807, 2.05) is 18.2 Å². The van der Waals surface area contributed by atoms with Crippen molar-refractivity contribution in [2.24, 2.45) is 5.73 Å². The summed E-state index contributed by atoms with van der Waals surface area (Å²) in [5.41, 5.74) is 6.18. The van der Waals surface area contributed by atoms with E-state index in [0.29, 0.717) is 6.42 Å². The van der Waals surface area contributed by atoms with E-state index < -0.39 is 89.6 Å². The van der Waals surface area contributed by atoms with Gasteiger partial charge in [-0.15, -0.1) is 11.8 Å². The average Bonchev–Trinajstić information content (AvgIpc) is 3.25. The molecule has 0 amide bonds. The summed E-state index contributed by atoms with van der Waals surface area (Å²) in [4.78, 5) is 64.6. The Balaban J connectivity index is 5.45. The second-order valence-corrected chi connectivity index (χ2v) is 19.4. The lowest BCUT2D eigenvalue weighted by Crippen LogP contribution is -2.40. The number of aliphatic carboxylic acids is 1. The van der Waals surface area contributed by atoms with Gasteiger partial charge in [0.05, 0.1) is 25.9 Å². The molecule has 0 aliphatic carbocycles. The molecule has 0 aromatic carbocycles. The summed E-state index contributed by atoms with van der Waals surface area (Å²) in [5, 5.41) is 29.2. The number of rotatable bonds is 43. The van der Waals surface area contributed by atoms with Crippen molar-refractivity contribution in [1.82, 2.24) is 0 Å². The number of unbranched alkanes of at least 4 members (excludes halogenated alkanes) is 12. The van der Waals surface area contributed by atoms with Gasteiger partial charge < -0.3 is 45.2 Å². The molecule has 65 heavy (non-hydrogen) atoms. The molecule has 376 valence electrons. The van der Waals surface area contributed by atoms with E-state index in [2.05, 4.69) is 47.2 Å². The third-order valence-corrected chi connectivity index (χ3v) is 12.2. The molecule has 0 aromatic rings. The molecule has 1 unspecified atom stereocenters. The van der Waals surface area contributed by atoms with Crippen LogP contribution in [0.3, 0.4) is 0 Å². The van der Waals surface area contributed by atoms with Crippen LogP contribution >= 0.6 is 27.4 Å². The van der Waals surface area contributed by atoms with E-state index in [0.717, 1.165) is 63.1 Å². The van der Waals surface area contributed by atoms with Crippen LogP contribution in [0, 0.1) is 0 Å². The molecule has 0 radical (unpaired) electrons. The standard InChI is InChI=1S/C45H79NO16P2S/c1-3-5-7-9-11-13-15-17-19-21-23-25-27-32-44(51)58-35-39(36-61-64(56,57)60-34-38(47)33-59-63(53,54)55)62-45(52)40(46)37-65-42(41(48)29-28-31-43(49)50)30-26-24-22-20-18-16-14-12-10-8-6-4-2/h12-15,18,20,22,24,26,30,38-42,47-48H,3-11,16-17,19,21,23,25,27-29,31-37,46H2,1-2H3,(H,49,50)(H,56,57)(H2,53,54,55)/b14-12-,15-13-,20-18-,24-22+,30-26+/t38-,39+,40-,41-,42+/m0/s1. The van der Waals surface area contributed by atoms with Crippen molar-refractivity contribution >= 4 is 45.3 Å². The number of phosphoric acid groups is 2. The van der Waals surface area contributed by atoms with Crippen LogP contribution in [0.25, 0.3) is 0 Å². The zero-order valence-corrected chi connectivity index (χ0v) is 41.1. The van der Waals surface area contributed by atoms with Gasteiger partial charge in [-0.25, -0.2) is 9.13 Å². The number of carbonyl (C=O) groups is 3. The van der Waals surface area contributed by atoms with Crippen LogP contribution in [-0.2, 0) is 46.6 Å². The number of phosphoric ester groups is 2.